The van der Waals surface area contributed by atoms with Crippen molar-refractivity contribution < 1.29 is 13.9 Å². The molecule has 0 spiro atoms. The van der Waals surface area contributed by atoms with Crippen LogP contribution in [0.1, 0.15) is 30.6 Å². The van der Waals surface area contributed by atoms with Gasteiger partial charge in [0.2, 0.25) is 0 Å². The minimum absolute atomic E-state index is 0.0348. The van der Waals surface area contributed by atoms with Crippen molar-refractivity contribution in [3.05, 3.63) is 35.6 Å². The number of Topliss-reactive ketones (excluding diaryl/α,β-unsaturated/α-hetero) is 1. The molecule has 3 nitrogen and oxygen atoms in total. The SMILES string of the molecule is CCC1COC(C)CN1CC(=O)c1ccc(F)cc1. The lowest BCUT2D eigenvalue weighted by Gasteiger charge is -2.37. The molecule has 1 heterocycles. The molecule has 1 fully saturated rings. The van der Waals surface area contributed by atoms with Crippen LogP contribution in [0, 0.1) is 5.82 Å². The summed E-state index contributed by atoms with van der Waals surface area (Å²) in [6, 6.07) is 6.03. The number of carbonyl (C=O) groups is 1. The van der Waals surface area contributed by atoms with E-state index >= 15 is 0 Å². The maximum Gasteiger partial charge on any atom is 0.176 e. The largest absolute Gasteiger partial charge is 0.376 e. The predicted molar refractivity (Wildman–Crippen MR) is 71.8 cm³/mol. The van der Waals surface area contributed by atoms with Gasteiger partial charge >= 0.3 is 0 Å². The number of halogens is 1. The molecule has 1 aliphatic heterocycles. The second kappa shape index (κ2) is 6.26. The molecule has 0 radical (unpaired) electrons. The fourth-order valence-corrected chi connectivity index (χ4v) is 2.39. The number of hydrogen-bond donors (Lipinski definition) is 0. The molecule has 0 aliphatic carbocycles. The predicted octanol–water partition coefficient (Wildman–Crippen LogP) is 2.51. The molecule has 2 atom stereocenters. The Morgan fingerprint density at radius 2 is 2.11 bits per heavy atom. The molecular formula is C15H20FNO2. The van der Waals surface area contributed by atoms with E-state index in [2.05, 4.69) is 11.8 Å². The van der Waals surface area contributed by atoms with Gasteiger partial charge < -0.3 is 4.74 Å². The first-order chi connectivity index (χ1) is 9.10. The topological polar surface area (TPSA) is 29.5 Å². The molecule has 104 valence electrons. The normalized spacial score (nSPS) is 24.4. The highest BCUT2D eigenvalue weighted by Gasteiger charge is 2.27. The summed E-state index contributed by atoms with van der Waals surface area (Å²) in [5, 5.41) is 0. The zero-order chi connectivity index (χ0) is 13.8. The second-order valence-corrected chi connectivity index (χ2v) is 5.07. The Morgan fingerprint density at radius 3 is 2.74 bits per heavy atom. The van der Waals surface area contributed by atoms with E-state index in [1.165, 1.54) is 12.1 Å². The van der Waals surface area contributed by atoms with E-state index in [9.17, 15) is 9.18 Å². The highest BCUT2D eigenvalue weighted by atomic mass is 19.1. The standard InChI is InChI=1S/C15H20FNO2/c1-3-14-10-19-11(2)8-17(14)9-15(18)12-4-6-13(16)7-5-12/h4-7,11,14H,3,8-10H2,1-2H3. The van der Waals surface area contributed by atoms with E-state index in [4.69, 9.17) is 4.74 Å². The Labute approximate surface area is 113 Å². The fourth-order valence-electron chi connectivity index (χ4n) is 2.39. The first-order valence-electron chi connectivity index (χ1n) is 6.74. The Morgan fingerprint density at radius 1 is 1.42 bits per heavy atom. The summed E-state index contributed by atoms with van der Waals surface area (Å²) in [5.41, 5.74) is 0.565. The van der Waals surface area contributed by atoms with Gasteiger partial charge in [0.05, 0.1) is 19.3 Å². The summed E-state index contributed by atoms with van der Waals surface area (Å²) in [5.74, 6) is -0.282. The smallest absolute Gasteiger partial charge is 0.176 e. The molecule has 1 aliphatic rings. The van der Waals surface area contributed by atoms with Crippen LogP contribution in [-0.4, -0.2) is 42.5 Å². The third-order valence-electron chi connectivity index (χ3n) is 3.57. The van der Waals surface area contributed by atoms with Gasteiger partial charge in [0.15, 0.2) is 5.78 Å². The van der Waals surface area contributed by atoms with Crippen molar-refractivity contribution in [3.8, 4) is 0 Å². The van der Waals surface area contributed by atoms with Gasteiger partial charge in [-0.05, 0) is 37.6 Å². The molecule has 1 saturated heterocycles. The Hall–Kier alpha value is -1.26. The Kier molecular flexibility index (Phi) is 4.66. The third-order valence-corrected chi connectivity index (χ3v) is 3.57. The van der Waals surface area contributed by atoms with E-state index in [1.54, 1.807) is 12.1 Å². The molecule has 2 unspecified atom stereocenters. The minimum atomic E-state index is -0.317. The number of benzene rings is 1. The van der Waals surface area contributed by atoms with Gasteiger partial charge in [-0.15, -0.1) is 0 Å². The van der Waals surface area contributed by atoms with Gasteiger partial charge in [-0.2, -0.15) is 0 Å². The average molecular weight is 265 g/mol. The highest BCUT2D eigenvalue weighted by molar-refractivity contribution is 5.97. The lowest BCUT2D eigenvalue weighted by atomic mass is 10.1. The number of nitrogens with zero attached hydrogens (tertiary/aromatic N) is 1. The van der Waals surface area contributed by atoms with Gasteiger partial charge in [-0.1, -0.05) is 6.92 Å². The van der Waals surface area contributed by atoms with Crippen LogP contribution in [0.15, 0.2) is 24.3 Å². The van der Waals surface area contributed by atoms with Gasteiger partial charge in [-0.25, -0.2) is 4.39 Å². The minimum Gasteiger partial charge on any atom is -0.376 e. The van der Waals surface area contributed by atoms with E-state index in [0.29, 0.717) is 24.8 Å². The van der Waals surface area contributed by atoms with Crippen molar-refractivity contribution in [1.29, 1.82) is 0 Å². The van der Waals surface area contributed by atoms with E-state index in [0.717, 1.165) is 13.0 Å². The number of carbonyl (C=O) groups excluding carboxylic acids is 1. The first-order valence-corrected chi connectivity index (χ1v) is 6.74. The van der Waals surface area contributed by atoms with Crippen LogP contribution in [0.2, 0.25) is 0 Å². The van der Waals surface area contributed by atoms with Crippen LogP contribution in [0.3, 0.4) is 0 Å². The number of ether oxygens (including phenoxy) is 1. The summed E-state index contributed by atoms with van der Waals surface area (Å²) < 4.78 is 18.5. The summed E-state index contributed by atoms with van der Waals surface area (Å²) in [6.45, 7) is 5.93. The monoisotopic (exact) mass is 265 g/mol. The molecular weight excluding hydrogens is 245 g/mol. The number of hydrogen-bond acceptors (Lipinski definition) is 3. The van der Waals surface area contributed by atoms with Crippen molar-refractivity contribution in [1.82, 2.24) is 4.90 Å². The maximum atomic E-state index is 12.8. The van der Waals surface area contributed by atoms with E-state index < -0.39 is 0 Å². The van der Waals surface area contributed by atoms with Crippen LogP contribution in [0.25, 0.3) is 0 Å². The van der Waals surface area contributed by atoms with E-state index in [-0.39, 0.29) is 17.7 Å². The molecule has 1 aromatic carbocycles. The molecule has 0 aromatic heterocycles. The molecule has 1 aromatic rings. The van der Waals surface area contributed by atoms with Gasteiger partial charge in [0.1, 0.15) is 5.82 Å². The maximum absolute atomic E-state index is 12.8. The summed E-state index contributed by atoms with van der Waals surface area (Å²) in [4.78, 5) is 14.4. The lowest BCUT2D eigenvalue weighted by Crippen LogP contribution is -2.50. The number of ketones is 1. The van der Waals surface area contributed by atoms with Crippen molar-refractivity contribution in [3.63, 3.8) is 0 Å². The van der Waals surface area contributed by atoms with Crippen LogP contribution < -0.4 is 0 Å². The average Bonchev–Trinajstić information content (AvgIpc) is 2.39. The van der Waals surface area contributed by atoms with Crippen molar-refractivity contribution in [2.45, 2.75) is 32.4 Å². The highest BCUT2D eigenvalue weighted by Crippen LogP contribution is 2.15. The van der Waals surface area contributed by atoms with Crippen molar-refractivity contribution >= 4 is 5.78 Å². The lowest BCUT2D eigenvalue weighted by molar-refractivity contribution is -0.0523. The summed E-state index contributed by atoms with van der Waals surface area (Å²) in [6.07, 6.45) is 1.12. The number of rotatable bonds is 4. The van der Waals surface area contributed by atoms with Gasteiger partial charge in [0.25, 0.3) is 0 Å². The first kappa shape index (κ1) is 14.2. The zero-order valence-electron chi connectivity index (χ0n) is 11.4. The molecule has 0 bridgehead atoms. The number of morpholine rings is 1. The second-order valence-electron chi connectivity index (χ2n) is 5.07. The van der Waals surface area contributed by atoms with Crippen LogP contribution in [0.5, 0.6) is 0 Å². The zero-order valence-corrected chi connectivity index (χ0v) is 11.4. The molecule has 0 N–H and O–H groups in total. The Balaban J connectivity index is 2.02. The van der Waals surface area contributed by atoms with Crippen molar-refractivity contribution in [2.75, 3.05) is 19.7 Å². The fraction of sp³-hybridized carbons (Fsp3) is 0.533. The third kappa shape index (κ3) is 3.61. The van der Waals surface area contributed by atoms with Gasteiger partial charge in [-0.3, -0.25) is 9.69 Å². The van der Waals surface area contributed by atoms with Crippen molar-refractivity contribution in [2.24, 2.45) is 0 Å². The van der Waals surface area contributed by atoms with E-state index in [1.807, 2.05) is 6.92 Å². The molecule has 2 rings (SSSR count). The quantitative estimate of drug-likeness (QED) is 0.783. The van der Waals surface area contributed by atoms with Crippen LogP contribution >= 0.6 is 0 Å². The molecule has 19 heavy (non-hydrogen) atoms. The summed E-state index contributed by atoms with van der Waals surface area (Å²) >= 11 is 0. The molecule has 0 amide bonds. The Bertz CT molecular complexity index is 432. The molecule has 0 saturated carbocycles. The van der Waals surface area contributed by atoms with Gasteiger partial charge in [0, 0.05) is 18.2 Å². The van der Waals surface area contributed by atoms with Crippen LogP contribution in [0.4, 0.5) is 4.39 Å². The summed E-state index contributed by atoms with van der Waals surface area (Å²) in [7, 11) is 0. The van der Waals surface area contributed by atoms with Crippen LogP contribution in [-0.2, 0) is 4.74 Å². The molecule has 4 heteroatoms.